The summed E-state index contributed by atoms with van der Waals surface area (Å²) >= 11 is 0. The van der Waals surface area contributed by atoms with Crippen LogP contribution >= 0.6 is 0 Å². The van der Waals surface area contributed by atoms with Crippen molar-refractivity contribution >= 4 is 11.9 Å². The van der Waals surface area contributed by atoms with E-state index in [2.05, 4.69) is 0 Å². The molecular weight excluding hydrogens is 220 g/mol. The average molecular weight is 234 g/mol. The van der Waals surface area contributed by atoms with Gasteiger partial charge in [0.25, 0.3) is 0 Å². The van der Waals surface area contributed by atoms with Crippen molar-refractivity contribution in [2.75, 3.05) is 0 Å². The van der Waals surface area contributed by atoms with Crippen molar-refractivity contribution in [1.82, 2.24) is 0 Å². The Hall–Kier alpha value is -2.10. The predicted octanol–water partition coefficient (Wildman–Crippen LogP) is 2.11. The fourth-order valence-corrected chi connectivity index (χ4v) is 1.32. The zero-order valence-electron chi connectivity index (χ0n) is 9.71. The van der Waals surface area contributed by atoms with Crippen LogP contribution in [-0.2, 0) is 19.9 Å². The summed E-state index contributed by atoms with van der Waals surface area (Å²) in [7, 11) is 0. The van der Waals surface area contributed by atoms with E-state index in [4.69, 9.17) is 9.84 Å². The Morgan fingerprint density at radius 3 is 2.29 bits per heavy atom. The molecule has 0 amide bonds. The van der Waals surface area contributed by atoms with E-state index in [1.54, 1.807) is 13.8 Å². The summed E-state index contributed by atoms with van der Waals surface area (Å²) in [5.74, 6) is -1.86. The molecular formula is C13H14O4. The van der Waals surface area contributed by atoms with Gasteiger partial charge in [-0.25, -0.2) is 9.59 Å². The molecule has 1 aromatic rings. The van der Waals surface area contributed by atoms with Gasteiger partial charge in [0.15, 0.2) is 0 Å². The number of esters is 1. The van der Waals surface area contributed by atoms with Crippen molar-refractivity contribution in [2.24, 2.45) is 0 Å². The van der Waals surface area contributed by atoms with E-state index in [-0.39, 0.29) is 0 Å². The Bertz CT molecular complexity index is 432. The Kier molecular flexibility index (Phi) is 4.04. The monoisotopic (exact) mass is 234 g/mol. The highest BCUT2D eigenvalue weighted by molar-refractivity contribution is 5.90. The first-order chi connectivity index (χ1) is 7.92. The van der Waals surface area contributed by atoms with Gasteiger partial charge >= 0.3 is 11.9 Å². The van der Waals surface area contributed by atoms with E-state index in [1.165, 1.54) is 0 Å². The molecule has 1 N–H and O–H groups in total. The van der Waals surface area contributed by atoms with E-state index >= 15 is 0 Å². The van der Waals surface area contributed by atoms with Gasteiger partial charge in [0, 0.05) is 12.2 Å². The van der Waals surface area contributed by atoms with E-state index < -0.39 is 17.5 Å². The highest BCUT2D eigenvalue weighted by atomic mass is 16.6. The van der Waals surface area contributed by atoms with E-state index in [1.807, 2.05) is 30.3 Å². The molecule has 0 atom stereocenters. The Morgan fingerprint density at radius 1 is 1.18 bits per heavy atom. The van der Waals surface area contributed by atoms with Crippen LogP contribution in [-0.4, -0.2) is 17.0 Å². The normalized spacial score (nSPS) is 11.4. The molecule has 4 heteroatoms. The molecule has 0 saturated heterocycles. The summed E-state index contributed by atoms with van der Waals surface area (Å²) in [5, 5.41) is 8.38. The van der Waals surface area contributed by atoms with Gasteiger partial charge < -0.3 is 9.84 Å². The van der Waals surface area contributed by atoms with Gasteiger partial charge in [-0.1, -0.05) is 30.3 Å². The second-order valence-corrected chi connectivity index (χ2v) is 3.97. The summed E-state index contributed by atoms with van der Waals surface area (Å²) in [5.41, 5.74) is 0.0540. The Balaban J connectivity index is 2.74. The van der Waals surface area contributed by atoms with Crippen molar-refractivity contribution in [3.05, 3.63) is 48.0 Å². The SMILES string of the molecule is CC(C)(OC(=O)/C=C/C(=O)O)c1ccccc1. The first kappa shape index (κ1) is 13.0. The van der Waals surface area contributed by atoms with Crippen LogP contribution in [0.4, 0.5) is 0 Å². The second kappa shape index (κ2) is 5.30. The fraction of sp³-hybridized carbons (Fsp3) is 0.231. The first-order valence-corrected chi connectivity index (χ1v) is 5.11. The molecule has 0 aliphatic rings. The Morgan fingerprint density at radius 2 is 1.76 bits per heavy atom. The molecule has 0 aromatic heterocycles. The zero-order chi connectivity index (χ0) is 12.9. The predicted molar refractivity (Wildman–Crippen MR) is 62.3 cm³/mol. The van der Waals surface area contributed by atoms with Crippen LogP contribution in [0.3, 0.4) is 0 Å². The molecule has 0 heterocycles. The van der Waals surface area contributed by atoms with E-state index in [9.17, 15) is 9.59 Å². The lowest BCUT2D eigenvalue weighted by atomic mass is 9.98. The van der Waals surface area contributed by atoms with Crippen molar-refractivity contribution in [1.29, 1.82) is 0 Å². The Labute approximate surface area is 99.5 Å². The third-order valence-corrected chi connectivity index (χ3v) is 2.19. The zero-order valence-corrected chi connectivity index (χ0v) is 9.71. The topological polar surface area (TPSA) is 63.6 Å². The molecule has 4 nitrogen and oxygen atoms in total. The lowest BCUT2D eigenvalue weighted by molar-refractivity contribution is -0.151. The van der Waals surface area contributed by atoms with E-state index in [0.29, 0.717) is 0 Å². The molecule has 0 unspecified atom stereocenters. The van der Waals surface area contributed by atoms with E-state index in [0.717, 1.165) is 17.7 Å². The van der Waals surface area contributed by atoms with Gasteiger partial charge in [-0.15, -0.1) is 0 Å². The quantitative estimate of drug-likeness (QED) is 0.640. The van der Waals surface area contributed by atoms with Crippen molar-refractivity contribution in [2.45, 2.75) is 19.4 Å². The maximum absolute atomic E-state index is 11.4. The molecule has 0 aliphatic carbocycles. The number of ether oxygens (including phenoxy) is 1. The minimum atomic E-state index is -1.18. The number of hydrogen-bond acceptors (Lipinski definition) is 3. The number of rotatable bonds is 4. The van der Waals surface area contributed by atoms with Crippen LogP contribution in [0, 0.1) is 0 Å². The third-order valence-electron chi connectivity index (χ3n) is 2.19. The summed E-state index contributed by atoms with van der Waals surface area (Å²) < 4.78 is 5.19. The standard InChI is InChI=1S/C13H14O4/c1-13(2,10-6-4-3-5-7-10)17-12(16)9-8-11(14)15/h3-9H,1-2H3,(H,14,15)/b9-8+. The van der Waals surface area contributed by atoms with Crippen LogP contribution in [0.15, 0.2) is 42.5 Å². The van der Waals surface area contributed by atoms with Gasteiger partial charge in [0.1, 0.15) is 5.60 Å². The first-order valence-electron chi connectivity index (χ1n) is 5.11. The molecule has 0 radical (unpaired) electrons. The van der Waals surface area contributed by atoms with Crippen LogP contribution < -0.4 is 0 Å². The van der Waals surface area contributed by atoms with Crippen LogP contribution in [0.25, 0.3) is 0 Å². The van der Waals surface area contributed by atoms with Gasteiger partial charge in [0.05, 0.1) is 0 Å². The molecule has 17 heavy (non-hydrogen) atoms. The summed E-state index contributed by atoms with van der Waals surface area (Å²) in [4.78, 5) is 21.6. The largest absolute Gasteiger partial charge is 0.478 e. The molecule has 0 spiro atoms. The highest BCUT2D eigenvalue weighted by Crippen LogP contribution is 2.24. The number of aliphatic carboxylic acids is 1. The van der Waals surface area contributed by atoms with Crippen LogP contribution in [0.2, 0.25) is 0 Å². The molecule has 0 fully saturated rings. The minimum Gasteiger partial charge on any atom is -0.478 e. The van der Waals surface area contributed by atoms with Crippen LogP contribution in [0.1, 0.15) is 19.4 Å². The number of hydrogen-bond donors (Lipinski definition) is 1. The van der Waals surface area contributed by atoms with Gasteiger partial charge in [0.2, 0.25) is 0 Å². The summed E-state index contributed by atoms with van der Waals surface area (Å²) in [6.07, 6.45) is 1.65. The van der Waals surface area contributed by atoms with Crippen molar-refractivity contribution in [3.8, 4) is 0 Å². The lowest BCUT2D eigenvalue weighted by Gasteiger charge is -2.24. The van der Waals surface area contributed by atoms with Gasteiger partial charge in [-0.3, -0.25) is 0 Å². The maximum atomic E-state index is 11.4. The van der Waals surface area contributed by atoms with Crippen molar-refractivity contribution < 1.29 is 19.4 Å². The average Bonchev–Trinajstić information content (AvgIpc) is 2.27. The summed E-state index contributed by atoms with van der Waals surface area (Å²) in [6.45, 7) is 3.49. The van der Waals surface area contributed by atoms with Gasteiger partial charge in [-0.2, -0.15) is 0 Å². The molecule has 1 aromatic carbocycles. The van der Waals surface area contributed by atoms with Gasteiger partial charge in [-0.05, 0) is 19.4 Å². The number of carbonyl (C=O) groups excluding carboxylic acids is 1. The fourth-order valence-electron chi connectivity index (χ4n) is 1.32. The molecule has 0 bridgehead atoms. The smallest absolute Gasteiger partial charge is 0.331 e. The molecule has 0 aliphatic heterocycles. The van der Waals surface area contributed by atoms with Crippen LogP contribution in [0.5, 0.6) is 0 Å². The minimum absolute atomic E-state index is 0.679. The second-order valence-electron chi connectivity index (χ2n) is 3.97. The molecule has 1 rings (SSSR count). The molecule has 90 valence electrons. The summed E-state index contributed by atoms with van der Waals surface area (Å²) in [6, 6.07) is 9.24. The highest BCUT2D eigenvalue weighted by Gasteiger charge is 2.23. The van der Waals surface area contributed by atoms with Crippen molar-refractivity contribution in [3.63, 3.8) is 0 Å². The lowest BCUT2D eigenvalue weighted by Crippen LogP contribution is -2.24. The number of benzene rings is 1. The third kappa shape index (κ3) is 4.10. The molecule has 0 saturated carbocycles. The number of carboxylic acids is 1. The number of carboxylic acid groups (broad SMARTS) is 1. The maximum Gasteiger partial charge on any atom is 0.331 e. The number of carbonyl (C=O) groups is 2.